The summed E-state index contributed by atoms with van der Waals surface area (Å²) in [4.78, 5) is 36.4. The fourth-order valence-electron chi connectivity index (χ4n) is 3.02. The largest absolute Gasteiger partial charge is 0.481 e. The van der Waals surface area contributed by atoms with Crippen molar-refractivity contribution in [2.45, 2.75) is 65.9 Å². The third-order valence-electron chi connectivity index (χ3n) is 5.43. The number of benzene rings is 2. The number of hydrazine groups is 1. The molecule has 0 fully saturated rings. The fourth-order valence-corrected chi connectivity index (χ4v) is 3.02. The number of para-hydroxylation sites is 1. The summed E-state index contributed by atoms with van der Waals surface area (Å²) >= 11 is 0. The van der Waals surface area contributed by atoms with Crippen LogP contribution in [0.4, 0.5) is 5.69 Å². The van der Waals surface area contributed by atoms with Gasteiger partial charge in [0.05, 0.1) is 0 Å². The molecule has 0 radical (unpaired) electrons. The Balaban J connectivity index is 1.77. The molecule has 0 aromatic heterocycles. The minimum atomic E-state index is -0.798. The summed E-state index contributed by atoms with van der Waals surface area (Å²) in [5.74, 6) is -0.249. The van der Waals surface area contributed by atoms with E-state index in [1.54, 1.807) is 6.92 Å². The maximum atomic E-state index is 12.3. The number of rotatable bonds is 9. The van der Waals surface area contributed by atoms with E-state index in [0.717, 1.165) is 23.1 Å². The van der Waals surface area contributed by atoms with Crippen LogP contribution < -0.4 is 20.9 Å². The molecule has 0 saturated heterocycles. The highest BCUT2D eigenvalue weighted by Crippen LogP contribution is 2.29. The lowest BCUT2D eigenvalue weighted by atomic mass is 9.98. The molecule has 2 aromatic carbocycles. The molecule has 0 spiro atoms. The van der Waals surface area contributed by atoms with Crippen molar-refractivity contribution in [1.29, 1.82) is 0 Å². The number of ether oxygens (including phenoxy) is 1. The van der Waals surface area contributed by atoms with Crippen molar-refractivity contribution in [3.05, 3.63) is 59.2 Å². The minimum Gasteiger partial charge on any atom is -0.481 e. The van der Waals surface area contributed by atoms with Crippen molar-refractivity contribution in [3.8, 4) is 5.75 Å². The third kappa shape index (κ3) is 7.41. The van der Waals surface area contributed by atoms with Crippen LogP contribution in [0.1, 0.15) is 62.6 Å². The van der Waals surface area contributed by atoms with Crippen LogP contribution in [0, 0.1) is 13.8 Å². The summed E-state index contributed by atoms with van der Waals surface area (Å²) in [6.45, 7) is 9.77. The second-order valence-electron chi connectivity index (χ2n) is 7.99. The summed E-state index contributed by atoms with van der Waals surface area (Å²) in [7, 11) is 0. The van der Waals surface area contributed by atoms with E-state index in [-0.39, 0.29) is 18.7 Å². The molecule has 3 N–H and O–H groups in total. The fraction of sp³-hybridized carbons (Fsp3) is 0.400. The summed E-state index contributed by atoms with van der Waals surface area (Å²) in [6, 6.07) is 13.2. The SMILES string of the molecule is CCC(C)c1ccccc1OC(C)C(=O)NNC(=O)CCC(=O)Nc1ccc(C)c(C)c1. The van der Waals surface area contributed by atoms with Gasteiger partial charge in [0.2, 0.25) is 11.8 Å². The van der Waals surface area contributed by atoms with Gasteiger partial charge in [-0.1, -0.05) is 38.1 Å². The molecule has 0 aliphatic carbocycles. The monoisotopic (exact) mass is 439 g/mol. The van der Waals surface area contributed by atoms with Gasteiger partial charge in [0.15, 0.2) is 6.10 Å². The molecule has 2 atom stereocenters. The zero-order chi connectivity index (χ0) is 23.7. The average Bonchev–Trinajstić information content (AvgIpc) is 2.78. The lowest BCUT2D eigenvalue weighted by molar-refractivity contribution is -0.133. The summed E-state index contributed by atoms with van der Waals surface area (Å²) in [6.07, 6.45) is 0.105. The molecule has 7 nitrogen and oxygen atoms in total. The first-order valence-corrected chi connectivity index (χ1v) is 10.9. The first kappa shape index (κ1) is 24.9. The molecule has 3 amide bonds. The van der Waals surface area contributed by atoms with Gasteiger partial charge in [-0.15, -0.1) is 0 Å². The van der Waals surface area contributed by atoms with Gasteiger partial charge in [0, 0.05) is 18.5 Å². The molecule has 2 aromatic rings. The van der Waals surface area contributed by atoms with Gasteiger partial charge < -0.3 is 10.1 Å². The van der Waals surface area contributed by atoms with Gasteiger partial charge in [0.1, 0.15) is 5.75 Å². The Labute approximate surface area is 189 Å². The van der Waals surface area contributed by atoms with Gasteiger partial charge in [-0.3, -0.25) is 25.2 Å². The Hall–Kier alpha value is -3.35. The Morgan fingerprint density at radius 2 is 1.59 bits per heavy atom. The van der Waals surface area contributed by atoms with Gasteiger partial charge >= 0.3 is 0 Å². The number of hydrogen-bond donors (Lipinski definition) is 3. The van der Waals surface area contributed by atoms with Gasteiger partial charge in [-0.25, -0.2) is 0 Å². The van der Waals surface area contributed by atoms with E-state index in [4.69, 9.17) is 4.74 Å². The number of aryl methyl sites for hydroxylation is 2. The molecule has 0 saturated carbocycles. The Bertz CT molecular complexity index is 958. The second kappa shape index (κ2) is 11.9. The summed E-state index contributed by atoms with van der Waals surface area (Å²) < 4.78 is 5.82. The van der Waals surface area contributed by atoms with E-state index < -0.39 is 17.9 Å². The van der Waals surface area contributed by atoms with Gasteiger partial charge in [-0.2, -0.15) is 0 Å². The summed E-state index contributed by atoms with van der Waals surface area (Å²) in [5, 5.41) is 2.77. The Morgan fingerprint density at radius 3 is 2.28 bits per heavy atom. The zero-order valence-electron chi connectivity index (χ0n) is 19.5. The van der Waals surface area contributed by atoms with Crippen molar-refractivity contribution in [1.82, 2.24) is 10.9 Å². The molecule has 0 bridgehead atoms. The Morgan fingerprint density at radius 1 is 0.906 bits per heavy atom. The first-order chi connectivity index (χ1) is 15.2. The lowest BCUT2D eigenvalue weighted by Gasteiger charge is -2.19. The number of carbonyl (C=O) groups excluding carboxylic acids is 3. The predicted molar refractivity (Wildman–Crippen MR) is 125 cm³/mol. The van der Waals surface area contributed by atoms with Crippen LogP contribution in [0.3, 0.4) is 0 Å². The number of carbonyl (C=O) groups is 3. The maximum Gasteiger partial charge on any atom is 0.279 e. The second-order valence-corrected chi connectivity index (χ2v) is 7.99. The van der Waals surface area contributed by atoms with Crippen LogP contribution in [0.25, 0.3) is 0 Å². The topological polar surface area (TPSA) is 96.5 Å². The van der Waals surface area contributed by atoms with Crippen molar-refractivity contribution < 1.29 is 19.1 Å². The molecule has 32 heavy (non-hydrogen) atoms. The van der Waals surface area contributed by atoms with E-state index in [1.807, 2.05) is 56.3 Å². The third-order valence-corrected chi connectivity index (χ3v) is 5.43. The number of anilines is 1. The molecular weight excluding hydrogens is 406 g/mol. The molecular formula is C25H33N3O4. The van der Waals surface area contributed by atoms with Crippen LogP contribution in [-0.4, -0.2) is 23.8 Å². The van der Waals surface area contributed by atoms with E-state index in [1.165, 1.54) is 0 Å². The lowest BCUT2D eigenvalue weighted by Crippen LogP contribution is -2.47. The number of amides is 3. The molecule has 2 unspecified atom stereocenters. The maximum absolute atomic E-state index is 12.3. The molecule has 2 rings (SSSR count). The van der Waals surface area contributed by atoms with Crippen LogP contribution >= 0.6 is 0 Å². The highest BCUT2D eigenvalue weighted by Gasteiger charge is 2.18. The van der Waals surface area contributed by atoms with Crippen LogP contribution in [-0.2, 0) is 14.4 Å². The smallest absolute Gasteiger partial charge is 0.279 e. The molecule has 0 heterocycles. The summed E-state index contributed by atoms with van der Waals surface area (Å²) in [5.41, 5.74) is 8.63. The van der Waals surface area contributed by atoms with E-state index in [9.17, 15) is 14.4 Å². The quantitative estimate of drug-likeness (QED) is 0.512. The minimum absolute atomic E-state index is 0.00294. The molecule has 172 valence electrons. The zero-order valence-corrected chi connectivity index (χ0v) is 19.5. The average molecular weight is 440 g/mol. The highest BCUT2D eigenvalue weighted by atomic mass is 16.5. The highest BCUT2D eigenvalue weighted by molar-refractivity contribution is 5.93. The predicted octanol–water partition coefficient (Wildman–Crippen LogP) is 4.15. The normalized spacial score (nSPS) is 12.4. The number of nitrogens with one attached hydrogen (secondary N) is 3. The van der Waals surface area contributed by atoms with Crippen molar-refractivity contribution in [2.24, 2.45) is 0 Å². The number of hydrogen-bond acceptors (Lipinski definition) is 4. The van der Waals surface area contributed by atoms with Crippen LogP contribution in [0.2, 0.25) is 0 Å². The standard InChI is InChI=1S/C25H33N3O4/c1-6-16(2)21-9-7-8-10-22(21)32-19(5)25(31)28-27-24(30)14-13-23(29)26-20-12-11-17(3)18(4)15-20/h7-12,15-16,19H,6,13-14H2,1-5H3,(H,26,29)(H,27,30)(H,28,31). The van der Waals surface area contributed by atoms with Crippen molar-refractivity contribution >= 4 is 23.4 Å². The van der Waals surface area contributed by atoms with Gasteiger partial charge in [-0.05, 0) is 68.0 Å². The van der Waals surface area contributed by atoms with E-state index in [2.05, 4.69) is 30.0 Å². The molecule has 0 aliphatic rings. The van der Waals surface area contributed by atoms with Crippen LogP contribution in [0.5, 0.6) is 5.75 Å². The Kier molecular flexibility index (Phi) is 9.25. The van der Waals surface area contributed by atoms with Crippen molar-refractivity contribution in [2.75, 3.05) is 5.32 Å². The molecule has 0 aliphatic heterocycles. The first-order valence-electron chi connectivity index (χ1n) is 10.9. The van der Waals surface area contributed by atoms with E-state index in [0.29, 0.717) is 17.4 Å². The molecule has 7 heteroatoms. The van der Waals surface area contributed by atoms with Crippen LogP contribution in [0.15, 0.2) is 42.5 Å². The van der Waals surface area contributed by atoms with Crippen molar-refractivity contribution in [3.63, 3.8) is 0 Å². The van der Waals surface area contributed by atoms with E-state index >= 15 is 0 Å². The van der Waals surface area contributed by atoms with Gasteiger partial charge in [0.25, 0.3) is 5.91 Å².